The SMILES string of the molecule is Cc1cc(C)c2cc(C(N)=O)ccc2n1. The van der Waals surface area contributed by atoms with Gasteiger partial charge >= 0.3 is 0 Å². The number of carbonyl (C=O) groups is 1. The smallest absolute Gasteiger partial charge is 0.248 e. The molecule has 0 saturated carbocycles. The maximum atomic E-state index is 11.0. The zero-order valence-electron chi connectivity index (χ0n) is 8.74. The minimum absolute atomic E-state index is 0.406. The molecular formula is C12H12N2O. The van der Waals surface area contributed by atoms with E-state index >= 15 is 0 Å². The van der Waals surface area contributed by atoms with Gasteiger partial charge in [0.05, 0.1) is 5.52 Å². The molecule has 1 aromatic carbocycles. The lowest BCUT2D eigenvalue weighted by Gasteiger charge is -2.04. The molecule has 3 heteroatoms. The molecule has 0 aliphatic heterocycles. The van der Waals surface area contributed by atoms with Crippen LogP contribution in [0.5, 0.6) is 0 Å². The van der Waals surface area contributed by atoms with Crippen LogP contribution in [0, 0.1) is 13.8 Å². The summed E-state index contributed by atoms with van der Waals surface area (Å²) < 4.78 is 0. The van der Waals surface area contributed by atoms with Gasteiger partial charge in [-0.25, -0.2) is 0 Å². The van der Waals surface area contributed by atoms with Crippen molar-refractivity contribution in [1.29, 1.82) is 0 Å². The van der Waals surface area contributed by atoms with E-state index < -0.39 is 5.91 Å². The molecule has 3 nitrogen and oxygen atoms in total. The number of amides is 1. The van der Waals surface area contributed by atoms with Gasteiger partial charge in [-0.1, -0.05) is 0 Å². The lowest BCUT2D eigenvalue weighted by molar-refractivity contribution is 0.100. The van der Waals surface area contributed by atoms with Gasteiger partial charge in [-0.3, -0.25) is 9.78 Å². The van der Waals surface area contributed by atoms with Gasteiger partial charge in [0.2, 0.25) is 5.91 Å². The average molecular weight is 200 g/mol. The summed E-state index contributed by atoms with van der Waals surface area (Å²) in [6.45, 7) is 3.95. The number of pyridine rings is 1. The Morgan fingerprint density at radius 2 is 2.00 bits per heavy atom. The molecular weight excluding hydrogens is 188 g/mol. The number of fused-ring (bicyclic) bond motifs is 1. The van der Waals surface area contributed by atoms with Crippen LogP contribution in [0.4, 0.5) is 0 Å². The van der Waals surface area contributed by atoms with Crippen LogP contribution in [-0.2, 0) is 0 Å². The molecule has 2 aromatic rings. The first-order chi connectivity index (χ1) is 7.08. The van der Waals surface area contributed by atoms with Crippen molar-refractivity contribution < 1.29 is 4.79 Å². The zero-order valence-corrected chi connectivity index (χ0v) is 8.74. The number of hydrogen-bond acceptors (Lipinski definition) is 2. The van der Waals surface area contributed by atoms with Gasteiger partial charge in [0.1, 0.15) is 0 Å². The number of rotatable bonds is 1. The van der Waals surface area contributed by atoms with Crippen LogP contribution < -0.4 is 5.73 Å². The van der Waals surface area contributed by atoms with Crippen molar-refractivity contribution >= 4 is 16.8 Å². The van der Waals surface area contributed by atoms with E-state index in [-0.39, 0.29) is 0 Å². The minimum atomic E-state index is -0.406. The second-order valence-electron chi connectivity index (χ2n) is 3.68. The van der Waals surface area contributed by atoms with E-state index in [0.29, 0.717) is 5.56 Å². The molecule has 0 bridgehead atoms. The topological polar surface area (TPSA) is 56.0 Å². The summed E-state index contributed by atoms with van der Waals surface area (Å²) in [6.07, 6.45) is 0. The summed E-state index contributed by atoms with van der Waals surface area (Å²) in [4.78, 5) is 15.4. The van der Waals surface area contributed by atoms with Crippen molar-refractivity contribution in [3.05, 3.63) is 41.1 Å². The number of primary amides is 1. The molecule has 0 fully saturated rings. The van der Waals surface area contributed by atoms with Gasteiger partial charge < -0.3 is 5.73 Å². The van der Waals surface area contributed by atoms with Gasteiger partial charge in [-0.2, -0.15) is 0 Å². The predicted molar refractivity (Wildman–Crippen MR) is 59.7 cm³/mol. The molecule has 0 radical (unpaired) electrons. The van der Waals surface area contributed by atoms with E-state index in [1.165, 1.54) is 0 Å². The number of hydrogen-bond donors (Lipinski definition) is 1. The Morgan fingerprint density at radius 3 is 2.67 bits per heavy atom. The Labute approximate surface area is 87.9 Å². The van der Waals surface area contributed by atoms with Crippen molar-refractivity contribution in [3.63, 3.8) is 0 Å². The second-order valence-corrected chi connectivity index (χ2v) is 3.68. The standard InChI is InChI=1S/C12H12N2O/c1-7-5-8(2)14-11-4-3-9(12(13)15)6-10(7)11/h3-6H,1-2H3,(H2,13,15). The molecule has 0 spiro atoms. The molecule has 1 amide bonds. The molecule has 2 rings (SSSR count). The molecule has 1 aromatic heterocycles. The van der Waals surface area contributed by atoms with Gasteiger partial charge in [0.15, 0.2) is 0 Å². The lowest BCUT2D eigenvalue weighted by atomic mass is 10.1. The Kier molecular flexibility index (Phi) is 2.15. The van der Waals surface area contributed by atoms with Gasteiger partial charge in [0.25, 0.3) is 0 Å². The van der Waals surface area contributed by atoms with Crippen LogP contribution in [-0.4, -0.2) is 10.9 Å². The Hall–Kier alpha value is -1.90. The van der Waals surface area contributed by atoms with Gasteiger partial charge in [0, 0.05) is 16.6 Å². The number of nitrogens with two attached hydrogens (primary N) is 1. The van der Waals surface area contributed by atoms with Crippen molar-refractivity contribution in [1.82, 2.24) is 4.98 Å². The van der Waals surface area contributed by atoms with Crippen molar-refractivity contribution in [2.24, 2.45) is 5.73 Å². The van der Waals surface area contributed by atoms with Gasteiger partial charge in [-0.05, 0) is 43.7 Å². The maximum absolute atomic E-state index is 11.0. The fourth-order valence-corrected chi connectivity index (χ4v) is 1.72. The molecule has 0 unspecified atom stereocenters. The highest BCUT2D eigenvalue weighted by Gasteiger charge is 2.04. The predicted octanol–water partition coefficient (Wildman–Crippen LogP) is 1.95. The highest BCUT2D eigenvalue weighted by Crippen LogP contribution is 2.18. The molecule has 1 heterocycles. The van der Waals surface area contributed by atoms with E-state index in [4.69, 9.17) is 5.73 Å². The fraction of sp³-hybridized carbons (Fsp3) is 0.167. The van der Waals surface area contributed by atoms with E-state index in [9.17, 15) is 4.79 Å². The Bertz CT molecular complexity index is 547. The molecule has 15 heavy (non-hydrogen) atoms. The minimum Gasteiger partial charge on any atom is -0.366 e. The zero-order chi connectivity index (χ0) is 11.0. The summed E-state index contributed by atoms with van der Waals surface area (Å²) in [5, 5.41) is 0.983. The highest BCUT2D eigenvalue weighted by atomic mass is 16.1. The number of carbonyl (C=O) groups excluding carboxylic acids is 1. The molecule has 0 saturated heterocycles. The van der Waals surface area contributed by atoms with Gasteiger partial charge in [-0.15, -0.1) is 0 Å². The van der Waals surface area contributed by atoms with Crippen LogP contribution in [0.15, 0.2) is 24.3 Å². The molecule has 0 aliphatic rings. The van der Waals surface area contributed by atoms with Crippen LogP contribution in [0.1, 0.15) is 21.6 Å². The second kappa shape index (κ2) is 3.35. The van der Waals surface area contributed by atoms with Crippen molar-refractivity contribution in [2.75, 3.05) is 0 Å². The third kappa shape index (κ3) is 1.68. The van der Waals surface area contributed by atoms with Crippen LogP contribution in [0.2, 0.25) is 0 Å². The Balaban J connectivity index is 2.76. The van der Waals surface area contributed by atoms with E-state index in [2.05, 4.69) is 4.98 Å². The fourth-order valence-electron chi connectivity index (χ4n) is 1.72. The first kappa shape index (κ1) is 9.65. The number of nitrogens with zero attached hydrogens (tertiary/aromatic N) is 1. The summed E-state index contributed by atoms with van der Waals surface area (Å²) in [5.74, 6) is -0.406. The number of aryl methyl sites for hydroxylation is 2. The number of benzene rings is 1. The molecule has 0 aliphatic carbocycles. The molecule has 0 atom stereocenters. The van der Waals surface area contributed by atoms with Crippen LogP contribution in [0.3, 0.4) is 0 Å². The first-order valence-electron chi connectivity index (χ1n) is 4.76. The lowest BCUT2D eigenvalue weighted by Crippen LogP contribution is -2.10. The van der Waals surface area contributed by atoms with E-state index in [1.54, 1.807) is 12.1 Å². The normalized spacial score (nSPS) is 10.5. The summed E-state index contributed by atoms with van der Waals surface area (Å²) in [7, 11) is 0. The Morgan fingerprint density at radius 1 is 1.27 bits per heavy atom. The summed E-state index contributed by atoms with van der Waals surface area (Å²) >= 11 is 0. The monoisotopic (exact) mass is 200 g/mol. The van der Waals surface area contributed by atoms with Crippen molar-refractivity contribution in [2.45, 2.75) is 13.8 Å². The quantitative estimate of drug-likeness (QED) is 0.764. The maximum Gasteiger partial charge on any atom is 0.248 e. The average Bonchev–Trinajstić information content (AvgIpc) is 2.16. The summed E-state index contributed by atoms with van der Waals surface area (Å²) in [5.41, 5.74) is 8.74. The number of aromatic nitrogens is 1. The molecule has 76 valence electrons. The highest BCUT2D eigenvalue weighted by molar-refractivity contribution is 5.97. The van der Waals surface area contributed by atoms with Crippen molar-refractivity contribution in [3.8, 4) is 0 Å². The third-order valence-corrected chi connectivity index (χ3v) is 2.43. The largest absolute Gasteiger partial charge is 0.366 e. The molecule has 2 N–H and O–H groups in total. The van der Waals surface area contributed by atoms with Crippen LogP contribution in [0.25, 0.3) is 10.9 Å². The first-order valence-corrected chi connectivity index (χ1v) is 4.76. The summed E-state index contributed by atoms with van der Waals surface area (Å²) in [6, 6.07) is 7.32. The van der Waals surface area contributed by atoms with E-state index in [0.717, 1.165) is 22.2 Å². The van der Waals surface area contributed by atoms with E-state index in [1.807, 2.05) is 26.0 Å². The van der Waals surface area contributed by atoms with Crippen LogP contribution >= 0.6 is 0 Å². The third-order valence-electron chi connectivity index (χ3n) is 2.43.